The maximum atomic E-state index is 13.0. The molecule has 140 valence electrons. The fourth-order valence-electron chi connectivity index (χ4n) is 3.93. The molecule has 0 bridgehead atoms. The molecule has 0 unspecified atom stereocenters. The number of aromatic nitrogens is 1. The molecule has 1 aromatic carbocycles. The summed E-state index contributed by atoms with van der Waals surface area (Å²) >= 11 is 0. The lowest BCUT2D eigenvalue weighted by Crippen LogP contribution is -2.22. The van der Waals surface area contributed by atoms with Gasteiger partial charge in [-0.2, -0.15) is 0 Å². The number of nitrogens with zero attached hydrogens (tertiary/aromatic N) is 1. The standard InChI is InChI=1S/C22H23NO4/c1-12-9-13(2)20-17(10-12)19(24)18-11-16(14(3)23-21(18)27-20)22(25)26-15-7-5-4-6-8-15/h9-11,15H,4-8H2,1-3H3. The molecule has 2 aromatic heterocycles. The molecule has 2 heterocycles. The Kier molecular flexibility index (Phi) is 4.46. The summed E-state index contributed by atoms with van der Waals surface area (Å²) in [6.45, 7) is 5.59. The van der Waals surface area contributed by atoms with Crippen LogP contribution in [0.2, 0.25) is 0 Å². The van der Waals surface area contributed by atoms with Crippen LogP contribution >= 0.6 is 0 Å². The fraction of sp³-hybridized carbons (Fsp3) is 0.409. The van der Waals surface area contributed by atoms with Gasteiger partial charge in [0.1, 0.15) is 11.7 Å². The van der Waals surface area contributed by atoms with Gasteiger partial charge in [0.15, 0.2) is 0 Å². The number of carbonyl (C=O) groups excluding carboxylic acids is 1. The summed E-state index contributed by atoms with van der Waals surface area (Å²) < 4.78 is 11.6. The summed E-state index contributed by atoms with van der Waals surface area (Å²) in [5.41, 5.74) is 3.36. The molecule has 0 radical (unpaired) electrons. The first-order valence-electron chi connectivity index (χ1n) is 9.50. The first-order chi connectivity index (χ1) is 12.9. The number of hydrogen-bond acceptors (Lipinski definition) is 5. The lowest BCUT2D eigenvalue weighted by Gasteiger charge is -2.22. The number of rotatable bonds is 2. The van der Waals surface area contributed by atoms with Crippen molar-refractivity contribution in [3.05, 3.63) is 50.8 Å². The van der Waals surface area contributed by atoms with Crippen molar-refractivity contribution in [1.82, 2.24) is 4.98 Å². The van der Waals surface area contributed by atoms with Crippen molar-refractivity contribution in [3.8, 4) is 0 Å². The molecule has 0 N–H and O–H groups in total. The Morgan fingerprint density at radius 2 is 1.81 bits per heavy atom. The van der Waals surface area contributed by atoms with Crippen LogP contribution in [0.15, 0.2) is 27.4 Å². The van der Waals surface area contributed by atoms with Crippen molar-refractivity contribution >= 4 is 28.0 Å². The van der Waals surface area contributed by atoms with Crippen LogP contribution in [-0.4, -0.2) is 17.1 Å². The molecule has 1 saturated carbocycles. The van der Waals surface area contributed by atoms with Crippen molar-refractivity contribution < 1.29 is 13.9 Å². The molecule has 5 nitrogen and oxygen atoms in total. The maximum Gasteiger partial charge on any atom is 0.340 e. The van der Waals surface area contributed by atoms with Crippen LogP contribution in [0, 0.1) is 20.8 Å². The molecule has 0 atom stereocenters. The smallest absolute Gasteiger partial charge is 0.340 e. The highest BCUT2D eigenvalue weighted by Gasteiger charge is 2.22. The van der Waals surface area contributed by atoms with Crippen molar-refractivity contribution in [2.45, 2.75) is 59.0 Å². The summed E-state index contributed by atoms with van der Waals surface area (Å²) in [7, 11) is 0. The van der Waals surface area contributed by atoms with Gasteiger partial charge in [-0.3, -0.25) is 4.79 Å². The Morgan fingerprint density at radius 3 is 2.56 bits per heavy atom. The van der Waals surface area contributed by atoms with E-state index in [1.54, 1.807) is 13.0 Å². The number of fused-ring (bicyclic) bond motifs is 2. The molecule has 1 aliphatic carbocycles. The van der Waals surface area contributed by atoms with Gasteiger partial charge in [-0.1, -0.05) is 12.5 Å². The highest BCUT2D eigenvalue weighted by molar-refractivity contribution is 5.97. The first-order valence-corrected chi connectivity index (χ1v) is 9.50. The maximum absolute atomic E-state index is 13.0. The second-order valence-electron chi connectivity index (χ2n) is 7.53. The van der Waals surface area contributed by atoms with Gasteiger partial charge in [0, 0.05) is 0 Å². The molecule has 27 heavy (non-hydrogen) atoms. The van der Waals surface area contributed by atoms with E-state index in [4.69, 9.17) is 9.15 Å². The molecule has 5 heteroatoms. The lowest BCUT2D eigenvalue weighted by molar-refractivity contribution is 0.0210. The summed E-state index contributed by atoms with van der Waals surface area (Å²) in [5, 5.41) is 0.825. The third kappa shape index (κ3) is 3.22. The van der Waals surface area contributed by atoms with Crippen molar-refractivity contribution in [1.29, 1.82) is 0 Å². The fourth-order valence-corrected chi connectivity index (χ4v) is 3.93. The van der Waals surface area contributed by atoms with Crippen molar-refractivity contribution in [2.24, 2.45) is 0 Å². The van der Waals surface area contributed by atoms with Crippen LogP contribution in [0.5, 0.6) is 0 Å². The van der Waals surface area contributed by atoms with Crippen LogP contribution < -0.4 is 5.43 Å². The molecule has 0 saturated heterocycles. The Morgan fingerprint density at radius 1 is 1.07 bits per heavy atom. The number of ether oxygens (including phenoxy) is 1. The summed E-state index contributed by atoms with van der Waals surface area (Å²) in [6, 6.07) is 5.36. The van der Waals surface area contributed by atoms with Crippen LogP contribution in [0.4, 0.5) is 0 Å². The zero-order valence-electron chi connectivity index (χ0n) is 15.9. The molecule has 4 rings (SSSR count). The van der Waals surface area contributed by atoms with E-state index in [9.17, 15) is 9.59 Å². The SMILES string of the molecule is Cc1cc(C)c2oc3nc(C)c(C(=O)OC4CCCCC4)cc3c(=O)c2c1. The highest BCUT2D eigenvalue weighted by atomic mass is 16.5. The van der Waals surface area contributed by atoms with Gasteiger partial charge in [-0.15, -0.1) is 0 Å². The average Bonchev–Trinajstić information content (AvgIpc) is 2.63. The molecular formula is C22H23NO4. The predicted molar refractivity (Wildman–Crippen MR) is 104 cm³/mol. The number of pyridine rings is 1. The number of esters is 1. The highest BCUT2D eigenvalue weighted by Crippen LogP contribution is 2.25. The largest absolute Gasteiger partial charge is 0.459 e. The zero-order valence-corrected chi connectivity index (χ0v) is 15.9. The molecule has 1 aliphatic rings. The first kappa shape index (κ1) is 17.7. The van der Waals surface area contributed by atoms with Gasteiger partial charge in [-0.05, 0) is 69.7 Å². The van der Waals surface area contributed by atoms with Crippen LogP contribution in [0.3, 0.4) is 0 Å². The average molecular weight is 365 g/mol. The summed E-state index contributed by atoms with van der Waals surface area (Å²) in [6.07, 6.45) is 5.12. The summed E-state index contributed by atoms with van der Waals surface area (Å²) in [5.74, 6) is -0.409. The van der Waals surface area contributed by atoms with Gasteiger partial charge in [0.05, 0.1) is 22.0 Å². The Bertz CT molecular complexity index is 1110. The topological polar surface area (TPSA) is 69.4 Å². The van der Waals surface area contributed by atoms with Crippen LogP contribution in [-0.2, 0) is 4.74 Å². The number of benzene rings is 1. The van der Waals surface area contributed by atoms with Crippen molar-refractivity contribution in [3.63, 3.8) is 0 Å². The van der Waals surface area contributed by atoms with Gasteiger partial charge in [0.2, 0.25) is 11.1 Å². The molecule has 0 aliphatic heterocycles. The van der Waals surface area contributed by atoms with E-state index in [1.165, 1.54) is 6.42 Å². The lowest BCUT2D eigenvalue weighted by atomic mass is 9.98. The molecule has 0 spiro atoms. The molecule has 1 fully saturated rings. The van der Waals surface area contributed by atoms with Gasteiger partial charge in [-0.25, -0.2) is 9.78 Å². The van der Waals surface area contributed by atoms with E-state index < -0.39 is 5.97 Å². The number of hydrogen-bond donors (Lipinski definition) is 0. The zero-order chi connectivity index (χ0) is 19.1. The van der Waals surface area contributed by atoms with Crippen molar-refractivity contribution in [2.75, 3.05) is 0 Å². The third-order valence-corrected chi connectivity index (χ3v) is 5.33. The van der Waals surface area contributed by atoms with E-state index in [0.29, 0.717) is 27.6 Å². The van der Waals surface area contributed by atoms with E-state index in [-0.39, 0.29) is 17.2 Å². The monoisotopic (exact) mass is 365 g/mol. The Balaban J connectivity index is 1.82. The number of aryl methyl sites for hydroxylation is 3. The van der Waals surface area contributed by atoms with Crippen LogP contribution in [0.25, 0.3) is 22.1 Å². The summed E-state index contributed by atoms with van der Waals surface area (Å²) in [4.78, 5) is 30.1. The number of carbonyl (C=O) groups is 1. The minimum absolute atomic E-state index is 0.0420. The minimum Gasteiger partial charge on any atom is -0.459 e. The van der Waals surface area contributed by atoms with Gasteiger partial charge < -0.3 is 9.15 Å². The molecule has 0 amide bonds. The van der Waals surface area contributed by atoms with E-state index in [1.807, 2.05) is 26.0 Å². The van der Waals surface area contributed by atoms with Gasteiger partial charge >= 0.3 is 5.97 Å². The second-order valence-corrected chi connectivity index (χ2v) is 7.53. The van der Waals surface area contributed by atoms with Crippen LogP contribution in [0.1, 0.15) is 59.3 Å². The third-order valence-electron chi connectivity index (χ3n) is 5.33. The molecule has 3 aromatic rings. The normalized spacial score (nSPS) is 15.4. The molecular weight excluding hydrogens is 342 g/mol. The van der Waals surface area contributed by atoms with Gasteiger partial charge in [0.25, 0.3) is 0 Å². The van der Waals surface area contributed by atoms with E-state index >= 15 is 0 Å². The van der Waals surface area contributed by atoms with E-state index in [2.05, 4.69) is 4.98 Å². The predicted octanol–water partition coefficient (Wildman–Crippen LogP) is 4.76. The minimum atomic E-state index is -0.409. The second kappa shape index (κ2) is 6.80. The quantitative estimate of drug-likeness (QED) is 0.484. The Labute approximate surface area is 157 Å². The van der Waals surface area contributed by atoms with E-state index in [0.717, 1.165) is 36.8 Å². The Hall–Kier alpha value is -2.69.